The first-order valence-corrected chi connectivity index (χ1v) is 10.6. The lowest BCUT2D eigenvalue weighted by molar-refractivity contribution is 0.0387. The Morgan fingerprint density at radius 3 is 1.82 bits per heavy atom. The van der Waals surface area contributed by atoms with E-state index in [4.69, 9.17) is 4.74 Å². The third-order valence-electron chi connectivity index (χ3n) is 4.67. The molecule has 4 aromatic carbocycles. The average molecular weight is 401 g/mol. The highest BCUT2D eigenvalue weighted by Gasteiger charge is 2.45. The molecule has 0 aromatic heterocycles. The van der Waals surface area contributed by atoms with Gasteiger partial charge < -0.3 is 4.74 Å². The smallest absolute Gasteiger partial charge is 0.341 e. The van der Waals surface area contributed by atoms with E-state index in [9.17, 15) is 4.79 Å². The van der Waals surface area contributed by atoms with Gasteiger partial charge in [0.15, 0.2) is 0 Å². The highest BCUT2D eigenvalue weighted by Crippen LogP contribution is 2.57. The predicted octanol–water partition coefficient (Wildman–Crippen LogP) is 6.71. The van der Waals surface area contributed by atoms with Crippen LogP contribution in [0.25, 0.3) is 10.8 Å². The molecule has 136 valence electrons. The van der Waals surface area contributed by atoms with Crippen molar-refractivity contribution in [3.63, 3.8) is 0 Å². The van der Waals surface area contributed by atoms with Crippen LogP contribution in [-0.4, -0.2) is 5.97 Å². The molecular formula is C24H16O2S2. The molecule has 2 nitrogen and oxygen atoms in total. The van der Waals surface area contributed by atoms with Gasteiger partial charge in [-0.1, -0.05) is 90.3 Å². The molecule has 0 saturated heterocycles. The third kappa shape index (κ3) is 2.99. The molecule has 4 heteroatoms. The number of ether oxygens (including phenoxy) is 1. The zero-order valence-corrected chi connectivity index (χ0v) is 16.5. The SMILES string of the molecule is O=C1OC(Sc2ccccc2)(Sc2ccccc2)c2cccc3cccc1c23. The van der Waals surface area contributed by atoms with Gasteiger partial charge in [-0.05, 0) is 35.7 Å². The molecular weight excluding hydrogens is 384 g/mol. The summed E-state index contributed by atoms with van der Waals surface area (Å²) in [5.74, 6) is -0.281. The molecule has 1 heterocycles. The zero-order valence-electron chi connectivity index (χ0n) is 14.9. The first-order chi connectivity index (χ1) is 13.8. The maximum absolute atomic E-state index is 13.0. The van der Waals surface area contributed by atoms with Crippen LogP contribution in [0.2, 0.25) is 0 Å². The molecule has 1 aliphatic rings. The molecule has 0 amide bonds. The van der Waals surface area contributed by atoms with Gasteiger partial charge in [0.05, 0.1) is 5.56 Å². The normalized spacial score (nSPS) is 14.6. The fourth-order valence-corrected chi connectivity index (χ4v) is 6.20. The molecule has 0 saturated carbocycles. The second kappa shape index (κ2) is 7.04. The summed E-state index contributed by atoms with van der Waals surface area (Å²) in [6, 6.07) is 32.1. The molecule has 4 aromatic rings. The Morgan fingerprint density at radius 2 is 1.21 bits per heavy atom. The van der Waals surface area contributed by atoms with Crippen molar-refractivity contribution in [3.05, 3.63) is 108 Å². The number of hydrogen-bond donors (Lipinski definition) is 0. The molecule has 0 unspecified atom stereocenters. The van der Waals surface area contributed by atoms with Gasteiger partial charge in [0.25, 0.3) is 0 Å². The molecule has 0 N–H and O–H groups in total. The van der Waals surface area contributed by atoms with Crippen LogP contribution in [0.4, 0.5) is 0 Å². The monoisotopic (exact) mass is 400 g/mol. The lowest BCUT2D eigenvalue weighted by atomic mass is 9.97. The molecule has 0 atom stereocenters. The van der Waals surface area contributed by atoms with Crippen LogP contribution in [0.15, 0.2) is 107 Å². The number of carbonyl (C=O) groups is 1. The molecule has 0 fully saturated rings. The molecule has 0 spiro atoms. The highest BCUT2D eigenvalue weighted by molar-refractivity contribution is 8.17. The van der Waals surface area contributed by atoms with Crippen molar-refractivity contribution in [1.29, 1.82) is 0 Å². The van der Waals surface area contributed by atoms with Crippen molar-refractivity contribution in [2.75, 3.05) is 0 Å². The minimum atomic E-state index is -0.895. The van der Waals surface area contributed by atoms with Crippen LogP contribution in [0.1, 0.15) is 15.9 Å². The number of benzene rings is 4. The van der Waals surface area contributed by atoms with E-state index in [2.05, 4.69) is 6.07 Å². The van der Waals surface area contributed by atoms with Gasteiger partial charge in [-0.3, -0.25) is 0 Å². The Hall–Kier alpha value is -2.69. The van der Waals surface area contributed by atoms with E-state index in [1.165, 1.54) is 0 Å². The van der Waals surface area contributed by atoms with Crippen LogP contribution in [0, 0.1) is 0 Å². The Labute approximate surface area is 171 Å². The molecule has 1 aliphatic heterocycles. The van der Waals surface area contributed by atoms with Crippen molar-refractivity contribution < 1.29 is 9.53 Å². The van der Waals surface area contributed by atoms with E-state index >= 15 is 0 Å². The van der Waals surface area contributed by atoms with Crippen LogP contribution in [0.5, 0.6) is 0 Å². The lowest BCUT2D eigenvalue weighted by Gasteiger charge is -2.36. The maximum Gasteiger partial charge on any atom is 0.341 e. The van der Waals surface area contributed by atoms with E-state index < -0.39 is 4.27 Å². The first-order valence-electron chi connectivity index (χ1n) is 8.99. The van der Waals surface area contributed by atoms with Crippen LogP contribution < -0.4 is 0 Å². The largest absolute Gasteiger partial charge is 0.429 e. The van der Waals surface area contributed by atoms with Gasteiger partial charge in [0, 0.05) is 20.7 Å². The van der Waals surface area contributed by atoms with Crippen molar-refractivity contribution in [2.45, 2.75) is 14.1 Å². The molecule has 0 aliphatic carbocycles. The van der Waals surface area contributed by atoms with E-state index in [0.717, 1.165) is 26.1 Å². The Balaban J connectivity index is 1.74. The summed E-state index contributed by atoms with van der Waals surface area (Å²) in [7, 11) is 0. The number of thioether (sulfide) groups is 2. The average Bonchev–Trinajstić information content (AvgIpc) is 2.73. The zero-order chi connectivity index (χ0) is 19.0. The number of cyclic esters (lactones) is 1. The van der Waals surface area contributed by atoms with Crippen LogP contribution in [-0.2, 0) is 9.00 Å². The number of esters is 1. The molecule has 28 heavy (non-hydrogen) atoms. The summed E-state index contributed by atoms with van der Waals surface area (Å²) in [6.45, 7) is 0. The van der Waals surface area contributed by atoms with Crippen molar-refractivity contribution in [1.82, 2.24) is 0 Å². The predicted molar refractivity (Wildman–Crippen MR) is 116 cm³/mol. The highest BCUT2D eigenvalue weighted by atomic mass is 32.2. The minimum absolute atomic E-state index is 0.281. The van der Waals surface area contributed by atoms with Crippen molar-refractivity contribution in [2.24, 2.45) is 0 Å². The van der Waals surface area contributed by atoms with Gasteiger partial charge in [0.2, 0.25) is 4.27 Å². The molecule has 5 rings (SSSR count). The first kappa shape index (κ1) is 17.4. The summed E-state index contributed by atoms with van der Waals surface area (Å²) in [5, 5.41) is 2.03. The van der Waals surface area contributed by atoms with Crippen molar-refractivity contribution >= 4 is 40.3 Å². The summed E-state index contributed by atoms with van der Waals surface area (Å²) >= 11 is 3.13. The van der Waals surface area contributed by atoms with Gasteiger partial charge >= 0.3 is 5.97 Å². The van der Waals surface area contributed by atoms with Gasteiger partial charge in [-0.25, -0.2) is 4.79 Å². The second-order valence-electron chi connectivity index (χ2n) is 6.49. The van der Waals surface area contributed by atoms with Crippen molar-refractivity contribution in [3.8, 4) is 0 Å². The Morgan fingerprint density at radius 1 is 0.643 bits per heavy atom. The van der Waals surface area contributed by atoms with E-state index in [-0.39, 0.29) is 5.97 Å². The maximum atomic E-state index is 13.0. The number of hydrogen-bond acceptors (Lipinski definition) is 4. The lowest BCUT2D eigenvalue weighted by Crippen LogP contribution is -2.30. The third-order valence-corrected chi connectivity index (χ3v) is 7.33. The van der Waals surface area contributed by atoms with Gasteiger partial charge in [0.1, 0.15) is 0 Å². The van der Waals surface area contributed by atoms with Crippen LogP contribution in [0.3, 0.4) is 0 Å². The van der Waals surface area contributed by atoms with Crippen LogP contribution >= 0.6 is 23.5 Å². The summed E-state index contributed by atoms with van der Waals surface area (Å²) in [4.78, 5) is 15.1. The number of carbonyl (C=O) groups excluding carboxylic acids is 1. The standard InChI is InChI=1S/C24H16O2S2/c25-23-20-15-7-9-17-10-8-16-21(22(17)20)24(26-23,27-18-11-3-1-4-12-18)28-19-13-5-2-6-14-19/h1-16H. The number of rotatable bonds is 4. The summed E-state index contributed by atoms with van der Waals surface area (Å²) in [5.41, 5.74) is 1.65. The quantitative estimate of drug-likeness (QED) is 0.281. The second-order valence-corrected chi connectivity index (χ2v) is 9.24. The molecule has 0 bridgehead atoms. The fourth-order valence-electron chi connectivity index (χ4n) is 3.46. The fraction of sp³-hybridized carbons (Fsp3) is 0.0417. The topological polar surface area (TPSA) is 26.3 Å². The van der Waals surface area contributed by atoms with E-state index in [1.807, 2.05) is 91.0 Å². The van der Waals surface area contributed by atoms with Gasteiger partial charge in [-0.2, -0.15) is 0 Å². The summed E-state index contributed by atoms with van der Waals surface area (Å²) in [6.07, 6.45) is 0. The van der Waals surface area contributed by atoms with Gasteiger partial charge in [-0.15, -0.1) is 0 Å². The van der Waals surface area contributed by atoms with E-state index in [1.54, 1.807) is 23.5 Å². The summed E-state index contributed by atoms with van der Waals surface area (Å²) < 4.78 is 5.29. The van der Waals surface area contributed by atoms with E-state index in [0.29, 0.717) is 5.56 Å². The Bertz CT molecular complexity index is 1110. The Kier molecular flexibility index (Phi) is 4.38. The molecule has 0 radical (unpaired) electrons. The minimum Gasteiger partial charge on any atom is -0.429 e.